The molecule has 3 aromatic heterocycles. The molecule has 0 amide bonds. The molecule has 0 fully saturated rings. The van der Waals surface area contributed by atoms with Crippen LogP contribution in [0.4, 0.5) is 0 Å². The number of nitrogens with zero attached hydrogens (tertiary/aromatic N) is 2. The summed E-state index contributed by atoms with van der Waals surface area (Å²) in [6.07, 6.45) is 0. The van der Waals surface area contributed by atoms with Gasteiger partial charge in [-0.1, -0.05) is 127 Å². The Bertz CT molecular complexity index is 3960. The summed E-state index contributed by atoms with van der Waals surface area (Å²) in [6.45, 7) is -0.441. The van der Waals surface area contributed by atoms with Gasteiger partial charge in [0.1, 0.15) is 34.2 Å². The molecule has 0 N–H and O–H groups in total. The fourth-order valence-corrected chi connectivity index (χ4v) is 10.1. The van der Waals surface area contributed by atoms with Gasteiger partial charge in [0, 0.05) is 55.7 Å². The van der Waals surface area contributed by atoms with E-state index in [0.29, 0.717) is 34.1 Å². The average molecular weight is 772 g/mol. The molecule has 0 radical (unpaired) electrons. The van der Waals surface area contributed by atoms with Crippen LogP contribution in [0.2, 0.25) is 0 Å². The Morgan fingerprint density at radius 3 is 1.62 bits per heavy atom. The van der Waals surface area contributed by atoms with Crippen molar-refractivity contribution >= 4 is 88.7 Å². The van der Waals surface area contributed by atoms with Crippen LogP contribution in [0.25, 0.3) is 88.1 Å². The van der Waals surface area contributed by atoms with Gasteiger partial charge in [-0.25, -0.2) is 0 Å². The van der Waals surface area contributed by atoms with E-state index in [1.807, 2.05) is 18.2 Å². The zero-order chi connectivity index (χ0) is 43.4. The largest absolute Gasteiger partial charge is 0.458 e. The Morgan fingerprint density at radius 1 is 0.450 bits per heavy atom. The van der Waals surface area contributed by atoms with Crippen LogP contribution in [-0.2, 0) is 0 Å². The van der Waals surface area contributed by atoms with Crippen LogP contribution in [0.1, 0.15) is 6.85 Å². The molecular formula is C54H31BN2O3. The van der Waals surface area contributed by atoms with E-state index in [9.17, 15) is 0 Å². The van der Waals surface area contributed by atoms with Crippen LogP contribution in [0.3, 0.4) is 0 Å². The van der Waals surface area contributed by atoms with E-state index in [-0.39, 0.29) is 17.6 Å². The molecule has 5 nitrogen and oxygen atoms in total. The Hall–Kier alpha value is -7.96. The molecule has 0 bridgehead atoms. The lowest BCUT2D eigenvalue weighted by molar-refractivity contribution is 0.464. The first-order valence-corrected chi connectivity index (χ1v) is 20.0. The topological polar surface area (TPSA) is 41.5 Å². The van der Waals surface area contributed by atoms with E-state index in [4.69, 9.17) is 20.7 Å². The zero-order valence-electron chi connectivity index (χ0n) is 36.7. The first-order chi connectivity index (χ1) is 31.8. The van der Waals surface area contributed by atoms with Crippen LogP contribution < -0.4 is 25.9 Å². The average Bonchev–Trinajstić information content (AvgIpc) is 4.00. The van der Waals surface area contributed by atoms with Crippen molar-refractivity contribution in [3.8, 4) is 45.5 Å². The van der Waals surface area contributed by atoms with E-state index in [2.05, 4.69) is 137 Å². The summed E-state index contributed by atoms with van der Waals surface area (Å²) in [4.78, 5) is 0. The minimum Gasteiger partial charge on any atom is -0.458 e. The van der Waals surface area contributed by atoms with Crippen LogP contribution in [-0.4, -0.2) is 15.8 Å². The summed E-state index contributed by atoms with van der Waals surface area (Å²) < 4.78 is 69.1. The van der Waals surface area contributed by atoms with E-state index in [0.717, 1.165) is 87.7 Å². The van der Waals surface area contributed by atoms with Gasteiger partial charge in [0.25, 0.3) is 6.71 Å². The number of rotatable bonds is 3. The third-order valence-electron chi connectivity index (χ3n) is 12.5. The van der Waals surface area contributed by atoms with E-state index in [1.54, 1.807) is 12.1 Å². The van der Waals surface area contributed by atoms with Crippen molar-refractivity contribution in [1.29, 1.82) is 0 Å². The fourth-order valence-electron chi connectivity index (χ4n) is 10.1. The van der Waals surface area contributed by atoms with Gasteiger partial charge in [-0.05, 0) is 65.1 Å². The molecule has 0 saturated heterocycles. The minimum atomic E-state index is -0.455. The summed E-state index contributed by atoms with van der Waals surface area (Å²) in [5.41, 5.74) is 10.4. The van der Waals surface area contributed by atoms with E-state index in [1.165, 1.54) is 0 Å². The Labute approximate surface area is 351 Å². The number of fused-ring (bicyclic) bond motifs is 14. The first-order valence-electron chi connectivity index (χ1n) is 22.5. The normalized spacial score (nSPS) is 14.1. The maximum Gasteiger partial charge on any atom is 0.265 e. The summed E-state index contributed by atoms with van der Waals surface area (Å²) >= 11 is 0. The lowest BCUT2D eigenvalue weighted by atomic mass is 9.34. The first kappa shape index (κ1) is 27.6. The number of aromatic nitrogens is 2. The number of ether oxygens (including phenoxy) is 2. The SMILES string of the molecule is [2H]c1c([2H])c([2H])c(-c2cc3c4c(c2)Oc2cc(-n5c6ccccc6c6ccccc65)c5c(oc6ccccc65)c2B4c2ccc(-n4c5ccccc5c5ccccc54)cc2O3)c([2H])c1[2H]. The minimum absolute atomic E-state index is 0.0631. The highest BCUT2D eigenvalue weighted by atomic mass is 16.5. The smallest absolute Gasteiger partial charge is 0.265 e. The van der Waals surface area contributed by atoms with Gasteiger partial charge >= 0.3 is 0 Å². The van der Waals surface area contributed by atoms with Gasteiger partial charge in [0.15, 0.2) is 0 Å². The highest BCUT2D eigenvalue weighted by Crippen LogP contribution is 2.45. The van der Waals surface area contributed by atoms with Crippen LogP contribution in [0.15, 0.2) is 192 Å². The molecule has 6 heteroatoms. The Balaban J connectivity index is 1.09. The number of hydrogen-bond donors (Lipinski definition) is 0. The summed E-state index contributed by atoms with van der Waals surface area (Å²) in [7, 11) is 0. The molecule has 60 heavy (non-hydrogen) atoms. The Kier molecular flexibility index (Phi) is 5.44. The second-order valence-electron chi connectivity index (χ2n) is 15.6. The molecule has 5 heterocycles. The standard InChI is InChI=1S/C54H31BN2O3/c1-2-14-32(15-3-1)33-28-48-52-49(29-33)59-50-31-45(57-43-23-11-6-18-37(43)38-19-7-12-24-44(38)57)51-39-20-8-13-25-46(39)60-54(51)53(50)55(52)40-27-26-34(30-47(40)58-48)56-41-21-9-4-16-35(41)36-17-5-10-22-42(36)56/h1-31H/i1D,2D,3D,14D,15D. The molecule has 2 aliphatic rings. The maximum absolute atomic E-state index is 8.98. The second-order valence-corrected chi connectivity index (χ2v) is 15.6. The van der Waals surface area contributed by atoms with Crippen LogP contribution in [0, 0.1) is 0 Å². The van der Waals surface area contributed by atoms with Crippen LogP contribution in [0.5, 0.6) is 23.0 Å². The predicted octanol–water partition coefficient (Wildman–Crippen LogP) is 12.2. The fraction of sp³-hybridized carbons (Fsp3) is 0. The molecule has 14 rings (SSSR count). The van der Waals surface area contributed by atoms with Gasteiger partial charge in [0.05, 0.1) is 40.0 Å². The molecule has 0 saturated carbocycles. The van der Waals surface area contributed by atoms with E-state index >= 15 is 0 Å². The molecule has 0 aliphatic carbocycles. The van der Waals surface area contributed by atoms with Gasteiger partial charge in [-0.2, -0.15) is 0 Å². The summed E-state index contributed by atoms with van der Waals surface area (Å²) in [6, 6.07) is 51.9. The maximum atomic E-state index is 8.98. The molecule has 0 spiro atoms. The van der Waals surface area contributed by atoms with Gasteiger partial charge in [-0.15, -0.1) is 0 Å². The molecule has 278 valence electrons. The van der Waals surface area contributed by atoms with Gasteiger partial charge < -0.3 is 23.0 Å². The monoisotopic (exact) mass is 771 g/mol. The number of para-hydroxylation sites is 5. The third kappa shape index (κ3) is 4.26. The van der Waals surface area contributed by atoms with Crippen molar-refractivity contribution in [2.45, 2.75) is 0 Å². The Morgan fingerprint density at radius 2 is 0.983 bits per heavy atom. The quantitative estimate of drug-likeness (QED) is 0.168. The predicted molar refractivity (Wildman–Crippen MR) is 246 cm³/mol. The van der Waals surface area contributed by atoms with Crippen molar-refractivity contribution in [2.24, 2.45) is 0 Å². The number of hydrogen-bond acceptors (Lipinski definition) is 3. The lowest BCUT2D eigenvalue weighted by Gasteiger charge is -2.34. The zero-order valence-corrected chi connectivity index (χ0v) is 31.7. The number of furan rings is 1. The summed E-state index contributed by atoms with van der Waals surface area (Å²) in [5, 5.41) is 6.45. The lowest BCUT2D eigenvalue weighted by Crippen LogP contribution is -2.57. The molecule has 2 aliphatic heterocycles. The molecule has 9 aromatic carbocycles. The van der Waals surface area contributed by atoms with Crippen molar-refractivity contribution in [3.05, 3.63) is 188 Å². The second kappa shape index (κ2) is 11.8. The van der Waals surface area contributed by atoms with Crippen molar-refractivity contribution in [2.75, 3.05) is 0 Å². The van der Waals surface area contributed by atoms with Gasteiger partial charge in [0.2, 0.25) is 0 Å². The highest BCUT2D eigenvalue weighted by Gasteiger charge is 2.43. The number of benzene rings is 9. The van der Waals surface area contributed by atoms with Crippen LogP contribution >= 0.6 is 0 Å². The molecule has 0 unspecified atom stereocenters. The molecule has 0 atom stereocenters. The third-order valence-corrected chi connectivity index (χ3v) is 12.5. The highest BCUT2D eigenvalue weighted by molar-refractivity contribution is 6.99. The summed E-state index contributed by atoms with van der Waals surface area (Å²) in [5.74, 6) is 2.12. The van der Waals surface area contributed by atoms with Gasteiger partial charge in [-0.3, -0.25) is 0 Å². The molecule has 12 aromatic rings. The molecular weight excluding hydrogens is 735 g/mol. The van der Waals surface area contributed by atoms with Crippen molar-refractivity contribution in [1.82, 2.24) is 9.13 Å². The van der Waals surface area contributed by atoms with Crippen molar-refractivity contribution < 1.29 is 20.7 Å². The van der Waals surface area contributed by atoms with Crippen molar-refractivity contribution in [3.63, 3.8) is 0 Å². The van der Waals surface area contributed by atoms with E-state index < -0.39 is 24.8 Å².